The lowest BCUT2D eigenvalue weighted by atomic mass is 9.77. The molecule has 1 aliphatic carbocycles. The zero-order chi connectivity index (χ0) is 13.9. The van der Waals surface area contributed by atoms with Gasteiger partial charge in [0.25, 0.3) is 0 Å². The van der Waals surface area contributed by atoms with E-state index in [9.17, 15) is 0 Å². The lowest BCUT2D eigenvalue weighted by Crippen LogP contribution is -2.28. The molecule has 2 aliphatic rings. The Bertz CT molecular complexity index is 409. The molecule has 20 heavy (non-hydrogen) atoms. The van der Waals surface area contributed by atoms with Crippen LogP contribution in [0, 0.1) is 11.8 Å². The number of aryl methyl sites for hydroxylation is 1. The molecule has 0 spiro atoms. The molecule has 0 saturated heterocycles. The molecule has 0 bridgehead atoms. The average Bonchev–Trinajstić information content (AvgIpc) is 2.92. The van der Waals surface area contributed by atoms with Crippen LogP contribution < -0.4 is 5.32 Å². The van der Waals surface area contributed by atoms with Crippen LogP contribution >= 0.6 is 23.1 Å². The topological polar surface area (TPSA) is 12.0 Å². The summed E-state index contributed by atoms with van der Waals surface area (Å²) in [4.78, 5) is 3.28. The molecule has 3 heteroatoms. The number of hydrogen-bond acceptors (Lipinski definition) is 3. The SMILES string of the molecule is CCC1CCC(C(NC)c2cc3c(s2)CCSC3)CC1. The third-order valence-corrected chi connectivity index (χ3v) is 7.53. The van der Waals surface area contributed by atoms with Gasteiger partial charge in [-0.1, -0.05) is 26.2 Å². The van der Waals surface area contributed by atoms with Crippen molar-refractivity contribution in [3.05, 3.63) is 21.4 Å². The van der Waals surface area contributed by atoms with Gasteiger partial charge in [-0.2, -0.15) is 11.8 Å². The van der Waals surface area contributed by atoms with E-state index in [0.717, 1.165) is 11.8 Å². The van der Waals surface area contributed by atoms with Crippen molar-refractivity contribution < 1.29 is 0 Å². The van der Waals surface area contributed by atoms with Crippen molar-refractivity contribution in [2.75, 3.05) is 12.8 Å². The zero-order valence-electron chi connectivity index (χ0n) is 12.8. The van der Waals surface area contributed by atoms with Gasteiger partial charge in [0.1, 0.15) is 0 Å². The van der Waals surface area contributed by atoms with E-state index < -0.39 is 0 Å². The van der Waals surface area contributed by atoms with Crippen LogP contribution in [0.25, 0.3) is 0 Å². The van der Waals surface area contributed by atoms with Gasteiger partial charge in [-0.05, 0) is 55.5 Å². The predicted molar refractivity (Wildman–Crippen MR) is 91.7 cm³/mol. The highest BCUT2D eigenvalue weighted by molar-refractivity contribution is 7.98. The maximum atomic E-state index is 3.63. The molecule has 1 N–H and O–H groups in total. The highest BCUT2D eigenvalue weighted by Crippen LogP contribution is 2.42. The van der Waals surface area contributed by atoms with Crippen LogP contribution in [0.15, 0.2) is 6.07 Å². The lowest BCUT2D eigenvalue weighted by Gasteiger charge is -2.33. The Hall–Kier alpha value is 0.01000. The van der Waals surface area contributed by atoms with Gasteiger partial charge in [0, 0.05) is 21.5 Å². The van der Waals surface area contributed by atoms with Gasteiger partial charge in [-0.25, -0.2) is 0 Å². The number of thiophene rings is 1. The van der Waals surface area contributed by atoms with Crippen LogP contribution in [0.5, 0.6) is 0 Å². The smallest absolute Gasteiger partial charge is 0.0441 e. The largest absolute Gasteiger partial charge is 0.312 e. The van der Waals surface area contributed by atoms with Crippen LogP contribution in [-0.4, -0.2) is 12.8 Å². The fourth-order valence-corrected chi connectivity index (χ4v) is 6.44. The van der Waals surface area contributed by atoms with Crippen molar-refractivity contribution in [1.82, 2.24) is 5.32 Å². The molecule has 1 nitrogen and oxygen atoms in total. The van der Waals surface area contributed by atoms with Gasteiger partial charge in [0.15, 0.2) is 0 Å². The van der Waals surface area contributed by atoms with Gasteiger partial charge in [-0.3, -0.25) is 0 Å². The summed E-state index contributed by atoms with van der Waals surface area (Å²) < 4.78 is 0. The Balaban J connectivity index is 1.71. The Morgan fingerprint density at radius 1 is 1.30 bits per heavy atom. The Morgan fingerprint density at radius 2 is 2.10 bits per heavy atom. The minimum absolute atomic E-state index is 0.605. The molecule has 0 aromatic carbocycles. The van der Waals surface area contributed by atoms with E-state index in [2.05, 4.69) is 48.5 Å². The first-order chi connectivity index (χ1) is 9.81. The number of nitrogens with one attached hydrogen (secondary N) is 1. The summed E-state index contributed by atoms with van der Waals surface area (Å²) in [7, 11) is 2.16. The molecule has 112 valence electrons. The van der Waals surface area contributed by atoms with E-state index >= 15 is 0 Å². The number of thioether (sulfide) groups is 1. The molecule has 1 fully saturated rings. The lowest BCUT2D eigenvalue weighted by molar-refractivity contribution is 0.226. The highest BCUT2D eigenvalue weighted by atomic mass is 32.2. The number of fused-ring (bicyclic) bond motifs is 1. The molecule has 2 heterocycles. The summed E-state index contributed by atoms with van der Waals surface area (Å²) >= 11 is 4.19. The van der Waals surface area contributed by atoms with Gasteiger partial charge < -0.3 is 5.32 Å². The fraction of sp³-hybridized carbons (Fsp3) is 0.765. The molecule has 1 unspecified atom stereocenters. The molecule has 1 aromatic heterocycles. The second-order valence-electron chi connectivity index (χ2n) is 6.36. The minimum Gasteiger partial charge on any atom is -0.312 e. The van der Waals surface area contributed by atoms with Gasteiger partial charge in [0.05, 0.1) is 0 Å². The first kappa shape index (κ1) is 14.9. The Kier molecular flexibility index (Phi) is 5.11. The van der Waals surface area contributed by atoms with E-state index in [1.54, 1.807) is 15.3 Å². The second kappa shape index (κ2) is 6.85. The van der Waals surface area contributed by atoms with Crippen molar-refractivity contribution in [3.63, 3.8) is 0 Å². The first-order valence-electron chi connectivity index (χ1n) is 8.18. The molecule has 1 aromatic rings. The van der Waals surface area contributed by atoms with Gasteiger partial charge in [-0.15, -0.1) is 11.3 Å². The van der Waals surface area contributed by atoms with E-state index in [0.29, 0.717) is 6.04 Å². The van der Waals surface area contributed by atoms with Crippen molar-refractivity contribution in [2.45, 2.75) is 57.2 Å². The molecule has 0 radical (unpaired) electrons. The maximum Gasteiger partial charge on any atom is 0.0441 e. The number of hydrogen-bond donors (Lipinski definition) is 1. The first-order valence-corrected chi connectivity index (χ1v) is 10.2. The van der Waals surface area contributed by atoms with Crippen molar-refractivity contribution in [2.24, 2.45) is 11.8 Å². The highest BCUT2D eigenvalue weighted by Gasteiger charge is 2.29. The maximum absolute atomic E-state index is 3.63. The predicted octanol–water partition coefficient (Wildman–Crippen LogP) is 5.01. The summed E-state index contributed by atoms with van der Waals surface area (Å²) in [6.07, 6.45) is 8.40. The third-order valence-electron chi connectivity index (χ3n) is 5.20. The normalized spacial score (nSPS) is 28.1. The second-order valence-corrected chi connectivity index (χ2v) is 8.63. The monoisotopic (exact) mass is 309 g/mol. The molecule has 3 rings (SSSR count). The van der Waals surface area contributed by atoms with E-state index in [1.165, 1.54) is 50.0 Å². The van der Waals surface area contributed by atoms with E-state index in [4.69, 9.17) is 0 Å². The molecular weight excluding hydrogens is 282 g/mol. The van der Waals surface area contributed by atoms with Gasteiger partial charge >= 0.3 is 0 Å². The van der Waals surface area contributed by atoms with Crippen LogP contribution in [0.3, 0.4) is 0 Å². The van der Waals surface area contributed by atoms with Crippen molar-refractivity contribution in [1.29, 1.82) is 0 Å². The Labute approximate surface area is 131 Å². The van der Waals surface area contributed by atoms with Crippen LogP contribution in [-0.2, 0) is 12.2 Å². The number of rotatable bonds is 4. The quantitative estimate of drug-likeness (QED) is 0.838. The molecule has 1 saturated carbocycles. The summed E-state index contributed by atoms with van der Waals surface area (Å²) in [5.41, 5.74) is 1.63. The van der Waals surface area contributed by atoms with E-state index in [1.807, 2.05) is 0 Å². The fourth-order valence-electron chi connectivity index (χ4n) is 3.86. The van der Waals surface area contributed by atoms with Crippen molar-refractivity contribution >= 4 is 23.1 Å². The van der Waals surface area contributed by atoms with Gasteiger partial charge in [0.2, 0.25) is 0 Å². The van der Waals surface area contributed by atoms with Crippen molar-refractivity contribution in [3.8, 4) is 0 Å². The summed E-state index contributed by atoms with van der Waals surface area (Å²) in [6.45, 7) is 2.35. The summed E-state index contributed by atoms with van der Waals surface area (Å²) in [6, 6.07) is 3.12. The molecule has 0 amide bonds. The van der Waals surface area contributed by atoms with Crippen LogP contribution in [0.1, 0.15) is 60.4 Å². The summed E-state index contributed by atoms with van der Waals surface area (Å²) in [5, 5.41) is 3.63. The third kappa shape index (κ3) is 3.10. The molecule has 1 atom stereocenters. The molecule has 1 aliphatic heterocycles. The molecular formula is C17H27NS2. The zero-order valence-corrected chi connectivity index (χ0v) is 14.4. The van der Waals surface area contributed by atoms with Crippen LogP contribution in [0.2, 0.25) is 0 Å². The Morgan fingerprint density at radius 3 is 2.75 bits per heavy atom. The summed E-state index contributed by atoms with van der Waals surface area (Å²) in [5.74, 6) is 4.41. The average molecular weight is 310 g/mol. The standard InChI is InChI=1S/C17H27NS2/c1-3-12-4-6-13(7-5-12)17(18-2)16-10-14-11-19-9-8-15(14)20-16/h10,12-13,17-18H,3-9,11H2,1-2H3. The minimum atomic E-state index is 0.605. The van der Waals surface area contributed by atoms with Crippen LogP contribution in [0.4, 0.5) is 0 Å². The van der Waals surface area contributed by atoms with E-state index in [-0.39, 0.29) is 0 Å².